The quantitative estimate of drug-likeness (QED) is 0.713. The molecule has 1 rings (SSSR count). The number of aromatic nitrogens is 2. The van der Waals surface area contributed by atoms with Gasteiger partial charge in [-0.3, -0.25) is 4.79 Å². The molecule has 0 spiro atoms. The summed E-state index contributed by atoms with van der Waals surface area (Å²) in [5.41, 5.74) is 0. The van der Waals surface area contributed by atoms with Gasteiger partial charge in [0.2, 0.25) is 5.89 Å². The molecule has 1 aromatic heterocycles. The highest BCUT2D eigenvalue weighted by molar-refractivity contribution is 5.69. The first-order valence-electron chi connectivity index (χ1n) is 6.80. The molecule has 0 bridgehead atoms. The second-order valence-corrected chi connectivity index (χ2v) is 4.91. The number of hydrogen-bond acceptors (Lipinski definition) is 5. The topological polar surface area (TPSA) is 88.2 Å². The number of nitrogens with zero attached hydrogens (tertiary/aromatic N) is 2. The Morgan fingerprint density at radius 3 is 2.74 bits per heavy atom. The summed E-state index contributed by atoms with van der Waals surface area (Å²) < 4.78 is 5.02. The lowest BCUT2D eigenvalue weighted by Crippen LogP contribution is -2.26. The molecule has 1 heterocycles. The van der Waals surface area contributed by atoms with Crippen molar-refractivity contribution in [1.29, 1.82) is 0 Å². The van der Waals surface area contributed by atoms with Gasteiger partial charge < -0.3 is 14.9 Å². The van der Waals surface area contributed by atoms with Crippen LogP contribution in [0.1, 0.15) is 51.7 Å². The number of nitrogens with one attached hydrogen (secondary N) is 1. The van der Waals surface area contributed by atoms with E-state index in [0.29, 0.717) is 30.7 Å². The highest BCUT2D eigenvalue weighted by atomic mass is 16.5. The van der Waals surface area contributed by atoms with E-state index in [4.69, 9.17) is 9.63 Å². The van der Waals surface area contributed by atoms with Gasteiger partial charge in [0.25, 0.3) is 0 Å². The van der Waals surface area contributed by atoms with E-state index in [1.165, 1.54) is 0 Å². The van der Waals surface area contributed by atoms with Crippen LogP contribution in [0.4, 0.5) is 0 Å². The second-order valence-electron chi connectivity index (χ2n) is 4.91. The number of hydrogen-bond donors (Lipinski definition) is 2. The fourth-order valence-corrected chi connectivity index (χ4v) is 1.73. The van der Waals surface area contributed by atoms with Crippen LogP contribution in [0.15, 0.2) is 4.52 Å². The molecular formula is C13H23N3O3. The minimum absolute atomic E-state index is 0.267. The number of carboxylic acid groups (broad SMARTS) is 1. The van der Waals surface area contributed by atoms with E-state index in [-0.39, 0.29) is 5.92 Å². The van der Waals surface area contributed by atoms with Gasteiger partial charge in [-0.15, -0.1) is 0 Å². The molecule has 0 aliphatic rings. The standard InChI is InChI=1S/C13H23N3O3/c1-4-12-15-11(16-19-12)8-14-10(3)7-5-6-9(2)13(17)18/h9-10,14H,4-8H2,1-3H3,(H,17,18). The average molecular weight is 269 g/mol. The molecule has 0 aromatic carbocycles. The highest BCUT2D eigenvalue weighted by Crippen LogP contribution is 2.09. The van der Waals surface area contributed by atoms with Crippen molar-refractivity contribution in [3.8, 4) is 0 Å². The summed E-state index contributed by atoms with van der Waals surface area (Å²) in [5, 5.41) is 16.0. The Kier molecular flexibility index (Phi) is 6.49. The lowest BCUT2D eigenvalue weighted by molar-refractivity contribution is -0.141. The summed E-state index contributed by atoms with van der Waals surface area (Å²) in [7, 11) is 0. The molecule has 0 amide bonds. The fraction of sp³-hybridized carbons (Fsp3) is 0.769. The van der Waals surface area contributed by atoms with Gasteiger partial charge in [-0.2, -0.15) is 4.98 Å². The molecule has 0 saturated carbocycles. The largest absolute Gasteiger partial charge is 0.481 e. The maximum absolute atomic E-state index is 10.7. The third-order valence-electron chi connectivity index (χ3n) is 3.12. The Labute approximate surface area is 113 Å². The Balaban J connectivity index is 2.17. The van der Waals surface area contributed by atoms with E-state index in [1.54, 1.807) is 6.92 Å². The Bertz CT molecular complexity index is 392. The molecular weight excluding hydrogens is 246 g/mol. The first-order valence-corrected chi connectivity index (χ1v) is 6.80. The minimum Gasteiger partial charge on any atom is -0.481 e. The van der Waals surface area contributed by atoms with Crippen molar-refractivity contribution in [3.63, 3.8) is 0 Å². The predicted octanol–water partition coefficient (Wildman–Crippen LogP) is 2.00. The molecule has 0 saturated heterocycles. The van der Waals surface area contributed by atoms with E-state index in [1.807, 2.05) is 6.92 Å². The second kappa shape index (κ2) is 7.89. The first kappa shape index (κ1) is 15.6. The highest BCUT2D eigenvalue weighted by Gasteiger charge is 2.11. The van der Waals surface area contributed by atoms with E-state index >= 15 is 0 Å². The van der Waals surface area contributed by atoms with Crippen LogP contribution in [-0.2, 0) is 17.8 Å². The predicted molar refractivity (Wildman–Crippen MR) is 70.6 cm³/mol. The van der Waals surface area contributed by atoms with Crippen molar-refractivity contribution in [3.05, 3.63) is 11.7 Å². The molecule has 108 valence electrons. The summed E-state index contributed by atoms with van der Waals surface area (Å²) >= 11 is 0. The number of rotatable bonds is 9. The number of carboxylic acids is 1. The summed E-state index contributed by atoms with van der Waals surface area (Å²) in [4.78, 5) is 14.9. The molecule has 0 fully saturated rings. The van der Waals surface area contributed by atoms with Crippen LogP contribution in [-0.4, -0.2) is 27.3 Å². The van der Waals surface area contributed by atoms with Crippen LogP contribution in [0.25, 0.3) is 0 Å². The van der Waals surface area contributed by atoms with Gasteiger partial charge in [0.1, 0.15) is 0 Å². The van der Waals surface area contributed by atoms with Gasteiger partial charge in [-0.25, -0.2) is 0 Å². The van der Waals surface area contributed by atoms with Crippen LogP contribution in [0, 0.1) is 5.92 Å². The lowest BCUT2D eigenvalue weighted by Gasteiger charge is -2.13. The minimum atomic E-state index is -0.723. The van der Waals surface area contributed by atoms with Crippen LogP contribution in [0.2, 0.25) is 0 Å². The van der Waals surface area contributed by atoms with Gasteiger partial charge in [0.15, 0.2) is 5.82 Å². The van der Waals surface area contributed by atoms with Crippen molar-refractivity contribution in [2.45, 2.75) is 59.0 Å². The van der Waals surface area contributed by atoms with Gasteiger partial charge in [-0.05, 0) is 19.8 Å². The number of aliphatic carboxylic acids is 1. The summed E-state index contributed by atoms with van der Waals surface area (Å²) in [6.45, 7) is 6.37. The van der Waals surface area contributed by atoms with Crippen LogP contribution in [0.3, 0.4) is 0 Å². The monoisotopic (exact) mass is 269 g/mol. The van der Waals surface area contributed by atoms with Crippen molar-refractivity contribution in [2.75, 3.05) is 0 Å². The molecule has 2 N–H and O–H groups in total. The van der Waals surface area contributed by atoms with Crippen molar-refractivity contribution in [1.82, 2.24) is 15.5 Å². The zero-order valence-electron chi connectivity index (χ0n) is 11.8. The molecule has 0 aliphatic carbocycles. The third kappa shape index (κ3) is 5.83. The maximum Gasteiger partial charge on any atom is 0.306 e. The summed E-state index contributed by atoms with van der Waals surface area (Å²) in [6, 6.07) is 0.310. The molecule has 2 unspecified atom stereocenters. The molecule has 0 radical (unpaired) electrons. The smallest absolute Gasteiger partial charge is 0.306 e. The zero-order valence-corrected chi connectivity index (χ0v) is 11.8. The van der Waals surface area contributed by atoms with Gasteiger partial charge in [0, 0.05) is 12.5 Å². The lowest BCUT2D eigenvalue weighted by atomic mass is 10.0. The molecule has 2 atom stereocenters. The SMILES string of the molecule is CCc1nc(CNC(C)CCCC(C)C(=O)O)no1. The van der Waals surface area contributed by atoms with E-state index in [2.05, 4.69) is 22.4 Å². The van der Waals surface area contributed by atoms with Crippen molar-refractivity contribution < 1.29 is 14.4 Å². The third-order valence-corrected chi connectivity index (χ3v) is 3.12. The zero-order chi connectivity index (χ0) is 14.3. The Morgan fingerprint density at radius 1 is 1.42 bits per heavy atom. The Hall–Kier alpha value is -1.43. The van der Waals surface area contributed by atoms with Crippen LogP contribution >= 0.6 is 0 Å². The van der Waals surface area contributed by atoms with Crippen molar-refractivity contribution in [2.24, 2.45) is 5.92 Å². The summed E-state index contributed by atoms with van der Waals surface area (Å²) in [5.74, 6) is 0.332. The normalized spacial score (nSPS) is 14.3. The molecule has 6 nitrogen and oxygen atoms in total. The Morgan fingerprint density at radius 2 is 2.16 bits per heavy atom. The maximum atomic E-state index is 10.7. The van der Waals surface area contributed by atoms with E-state index in [0.717, 1.165) is 19.3 Å². The van der Waals surface area contributed by atoms with Gasteiger partial charge >= 0.3 is 5.97 Å². The molecule has 1 aromatic rings. The van der Waals surface area contributed by atoms with Gasteiger partial charge in [-0.1, -0.05) is 25.4 Å². The number of aryl methyl sites for hydroxylation is 1. The first-order chi connectivity index (χ1) is 9.02. The molecule has 6 heteroatoms. The average Bonchev–Trinajstić information content (AvgIpc) is 2.84. The number of carbonyl (C=O) groups is 1. The van der Waals surface area contributed by atoms with Crippen LogP contribution < -0.4 is 5.32 Å². The van der Waals surface area contributed by atoms with E-state index < -0.39 is 5.97 Å². The summed E-state index contributed by atoms with van der Waals surface area (Å²) in [6.07, 6.45) is 3.30. The van der Waals surface area contributed by atoms with Crippen LogP contribution in [0.5, 0.6) is 0 Å². The van der Waals surface area contributed by atoms with Gasteiger partial charge in [0.05, 0.1) is 12.5 Å². The molecule has 19 heavy (non-hydrogen) atoms. The van der Waals surface area contributed by atoms with E-state index in [9.17, 15) is 4.79 Å². The fourth-order valence-electron chi connectivity index (χ4n) is 1.73. The molecule has 0 aliphatic heterocycles. The van der Waals surface area contributed by atoms with Crippen molar-refractivity contribution >= 4 is 5.97 Å².